The molecule has 9 nitrogen and oxygen atoms in total. The summed E-state index contributed by atoms with van der Waals surface area (Å²) in [6.07, 6.45) is 1.83. The van der Waals surface area contributed by atoms with Crippen molar-refractivity contribution in [2.45, 2.75) is 20.8 Å². The molecule has 2 heterocycles. The van der Waals surface area contributed by atoms with E-state index in [4.69, 9.17) is 4.74 Å². The van der Waals surface area contributed by atoms with Gasteiger partial charge in [-0.25, -0.2) is 9.79 Å². The monoisotopic (exact) mass is 504 g/mol. The molecule has 3 aromatic rings. The number of hydrogen-bond acceptors (Lipinski definition) is 7. The third-order valence-electron chi connectivity index (χ3n) is 5.68. The highest BCUT2D eigenvalue weighted by atomic mass is 32.2. The summed E-state index contributed by atoms with van der Waals surface area (Å²) >= 11 is 1.27. The summed E-state index contributed by atoms with van der Waals surface area (Å²) in [5.74, 6) is -0.558. The van der Waals surface area contributed by atoms with Gasteiger partial charge >= 0.3 is 5.97 Å². The van der Waals surface area contributed by atoms with Crippen LogP contribution in [0.4, 0.5) is 11.4 Å². The predicted octanol–water partition coefficient (Wildman–Crippen LogP) is 5.41. The fourth-order valence-corrected chi connectivity index (χ4v) is 4.82. The fourth-order valence-electron chi connectivity index (χ4n) is 3.84. The number of esters is 1. The molecular formula is C26H24N4O5S. The Kier molecular flexibility index (Phi) is 7.07. The van der Waals surface area contributed by atoms with Crippen LogP contribution in [0.5, 0.6) is 0 Å². The summed E-state index contributed by atoms with van der Waals surface area (Å²) in [6, 6.07) is 15.0. The second-order valence-electron chi connectivity index (χ2n) is 8.07. The number of hydrogen-bond donors (Lipinski definition) is 0. The van der Waals surface area contributed by atoms with Crippen molar-refractivity contribution >= 4 is 46.3 Å². The summed E-state index contributed by atoms with van der Waals surface area (Å²) in [4.78, 5) is 41.9. The van der Waals surface area contributed by atoms with E-state index in [1.54, 1.807) is 50.4 Å². The van der Waals surface area contributed by atoms with Gasteiger partial charge in [0.15, 0.2) is 5.17 Å². The largest absolute Gasteiger partial charge is 0.462 e. The van der Waals surface area contributed by atoms with Gasteiger partial charge < -0.3 is 9.30 Å². The molecule has 1 aliphatic heterocycles. The first-order valence-corrected chi connectivity index (χ1v) is 12.0. The van der Waals surface area contributed by atoms with Crippen molar-refractivity contribution in [2.75, 3.05) is 13.7 Å². The maximum atomic E-state index is 12.9. The lowest BCUT2D eigenvalue weighted by molar-refractivity contribution is -0.384. The quantitative estimate of drug-likeness (QED) is 0.192. The van der Waals surface area contributed by atoms with Crippen LogP contribution in [0.15, 0.2) is 64.5 Å². The average Bonchev–Trinajstić information content (AvgIpc) is 3.29. The van der Waals surface area contributed by atoms with Crippen LogP contribution in [0.25, 0.3) is 11.8 Å². The lowest BCUT2D eigenvalue weighted by atomic mass is 10.2. The van der Waals surface area contributed by atoms with E-state index in [1.807, 2.05) is 30.6 Å². The Morgan fingerprint density at radius 1 is 1.14 bits per heavy atom. The first-order chi connectivity index (χ1) is 17.2. The van der Waals surface area contributed by atoms with Crippen molar-refractivity contribution in [3.8, 4) is 5.69 Å². The first kappa shape index (κ1) is 24.9. The summed E-state index contributed by atoms with van der Waals surface area (Å²) in [5.41, 5.74) is 4.60. The van der Waals surface area contributed by atoms with Crippen LogP contribution >= 0.6 is 11.8 Å². The number of carbonyl (C=O) groups is 2. The molecule has 1 amide bonds. The molecule has 1 fully saturated rings. The van der Waals surface area contributed by atoms with Crippen molar-refractivity contribution < 1.29 is 19.2 Å². The van der Waals surface area contributed by atoms with Gasteiger partial charge in [-0.3, -0.25) is 19.8 Å². The number of carbonyl (C=O) groups excluding carboxylic acids is 2. The number of likely N-dealkylation sites (N-methyl/N-ethyl adjacent to an activating group) is 1. The van der Waals surface area contributed by atoms with Crippen molar-refractivity contribution in [1.82, 2.24) is 9.47 Å². The van der Waals surface area contributed by atoms with Gasteiger partial charge in [0, 0.05) is 36.3 Å². The molecule has 0 unspecified atom stereocenters. The van der Waals surface area contributed by atoms with E-state index in [-0.39, 0.29) is 11.6 Å². The number of rotatable bonds is 6. The summed E-state index contributed by atoms with van der Waals surface area (Å²) in [6.45, 7) is 5.94. The highest BCUT2D eigenvalue weighted by molar-refractivity contribution is 8.18. The fraction of sp³-hybridized carbons (Fsp3) is 0.192. The van der Waals surface area contributed by atoms with Crippen molar-refractivity contribution in [3.63, 3.8) is 0 Å². The minimum atomic E-state index is -0.428. The molecule has 0 atom stereocenters. The van der Waals surface area contributed by atoms with E-state index in [2.05, 4.69) is 4.99 Å². The number of nitro benzene ring substituents is 1. The molecule has 36 heavy (non-hydrogen) atoms. The zero-order chi connectivity index (χ0) is 26.0. The van der Waals surface area contributed by atoms with Crippen LogP contribution in [0.3, 0.4) is 0 Å². The lowest BCUT2D eigenvalue weighted by Gasteiger charge is -2.09. The predicted molar refractivity (Wildman–Crippen MR) is 140 cm³/mol. The Hall–Kier alpha value is -4.18. The molecule has 1 saturated heterocycles. The van der Waals surface area contributed by atoms with Crippen molar-refractivity contribution in [2.24, 2.45) is 4.99 Å². The maximum Gasteiger partial charge on any atom is 0.338 e. The number of amidine groups is 1. The van der Waals surface area contributed by atoms with Crippen LogP contribution in [-0.2, 0) is 9.53 Å². The molecule has 0 saturated carbocycles. The Balaban J connectivity index is 1.59. The molecule has 2 aromatic carbocycles. The number of non-ortho nitro benzene ring substituents is 1. The Bertz CT molecular complexity index is 1410. The molecule has 0 bridgehead atoms. The van der Waals surface area contributed by atoms with E-state index in [0.29, 0.717) is 27.9 Å². The lowest BCUT2D eigenvalue weighted by Crippen LogP contribution is -2.23. The number of aromatic nitrogens is 1. The van der Waals surface area contributed by atoms with Gasteiger partial charge in [-0.15, -0.1) is 0 Å². The number of benzene rings is 2. The third kappa shape index (κ3) is 4.94. The van der Waals surface area contributed by atoms with Crippen LogP contribution in [0, 0.1) is 24.0 Å². The molecule has 4 rings (SSSR count). The smallest absolute Gasteiger partial charge is 0.338 e. The third-order valence-corrected chi connectivity index (χ3v) is 6.74. The Morgan fingerprint density at radius 3 is 2.42 bits per heavy atom. The zero-order valence-corrected chi connectivity index (χ0v) is 21.0. The number of aliphatic imine (C=N–C) groups is 1. The van der Waals surface area contributed by atoms with E-state index >= 15 is 0 Å². The number of aryl methyl sites for hydroxylation is 1. The molecule has 0 spiro atoms. The number of nitrogens with zero attached hydrogens (tertiary/aromatic N) is 4. The Morgan fingerprint density at radius 2 is 1.81 bits per heavy atom. The number of amides is 1. The molecule has 1 aromatic heterocycles. The van der Waals surface area contributed by atoms with E-state index in [0.717, 1.165) is 22.6 Å². The number of thioether (sulfide) groups is 1. The van der Waals surface area contributed by atoms with Gasteiger partial charge in [-0.2, -0.15) is 0 Å². The molecule has 10 heteroatoms. The summed E-state index contributed by atoms with van der Waals surface area (Å²) < 4.78 is 6.99. The minimum absolute atomic E-state index is 0.0295. The van der Waals surface area contributed by atoms with Crippen LogP contribution in [0.2, 0.25) is 0 Å². The van der Waals surface area contributed by atoms with E-state index < -0.39 is 10.9 Å². The number of nitro groups is 1. The van der Waals surface area contributed by atoms with Gasteiger partial charge in [-0.05, 0) is 86.6 Å². The van der Waals surface area contributed by atoms with E-state index in [1.165, 1.54) is 28.8 Å². The first-order valence-electron chi connectivity index (χ1n) is 11.2. The number of ether oxygens (including phenoxy) is 1. The van der Waals surface area contributed by atoms with Crippen LogP contribution < -0.4 is 0 Å². The van der Waals surface area contributed by atoms with Gasteiger partial charge in [0.2, 0.25) is 0 Å². The average molecular weight is 505 g/mol. The molecule has 1 aliphatic rings. The minimum Gasteiger partial charge on any atom is -0.462 e. The maximum absolute atomic E-state index is 12.9. The van der Waals surface area contributed by atoms with Crippen molar-refractivity contribution in [3.05, 3.63) is 92.1 Å². The molecule has 0 aliphatic carbocycles. The van der Waals surface area contributed by atoms with Gasteiger partial charge in [0.25, 0.3) is 11.6 Å². The highest BCUT2D eigenvalue weighted by Crippen LogP contribution is 2.34. The van der Waals surface area contributed by atoms with Crippen LogP contribution in [-0.4, -0.2) is 45.1 Å². The second kappa shape index (κ2) is 10.2. The molecule has 0 radical (unpaired) electrons. The molecular weight excluding hydrogens is 480 g/mol. The highest BCUT2D eigenvalue weighted by Gasteiger charge is 2.30. The van der Waals surface area contributed by atoms with Gasteiger partial charge in [-0.1, -0.05) is 0 Å². The van der Waals surface area contributed by atoms with Gasteiger partial charge in [0.05, 0.1) is 27.7 Å². The van der Waals surface area contributed by atoms with Gasteiger partial charge in [0.1, 0.15) is 0 Å². The molecule has 0 N–H and O–H groups in total. The standard InChI is InChI=1S/C26H24N4O5S/c1-5-35-25(32)18-6-8-20(9-7-18)27-26-28(4)24(31)23(36-26)15-19-14-16(2)29(17(19)3)21-10-12-22(13-11-21)30(33)34/h6-15H,5H2,1-4H3/b23-15+,27-26?. The Labute approximate surface area is 212 Å². The molecule has 184 valence electrons. The van der Waals surface area contributed by atoms with E-state index in [9.17, 15) is 19.7 Å². The summed E-state index contributed by atoms with van der Waals surface area (Å²) in [5, 5.41) is 11.5. The zero-order valence-electron chi connectivity index (χ0n) is 20.2. The normalized spacial score (nSPS) is 15.7. The van der Waals surface area contributed by atoms with Crippen molar-refractivity contribution in [1.29, 1.82) is 0 Å². The van der Waals surface area contributed by atoms with Crippen LogP contribution in [0.1, 0.15) is 34.2 Å². The topological polar surface area (TPSA) is 107 Å². The SMILES string of the molecule is CCOC(=O)c1ccc(N=C2S/C(=C/c3cc(C)n(-c4ccc([N+](=O)[O-])cc4)c3C)C(=O)N2C)cc1. The summed E-state index contributed by atoms with van der Waals surface area (Å²) in [7, 11) is 1.67. The second-order valence-corrected chi connectivity index (χ2v) is 9.08.